The lowest BCUT2D eigenvalue weighted by Gasteiger charge is -2.28. The first kappa shape index (κ1) is 24.2. The highest BCUT2D eigenvalue weighted by atomic mass is 32.2. The van der Waals surface area contributed by atoms with Crippen molar-refractivity contribution in [3.05, 3.63) is 81.8 Å². The molecule has 2 aromatic carbocycles. The quantitative estimate of drug-likeness (QED) is 0.357. The fraction of sp³-hybridized carbons (Fsp3) is 0.208. The van der Waals surface area contributed by atoms with Crippen molar-refractivity contribution >= 4 is 27.2 Å². The van der Waals surface area contributed by atoms with Crippen LogP contribution >= 0.6 is 11.3 Å². The predicted octanol–water partition coefficient (Wildman–Crippen LogP) is 5.64. The van der Waals surface area contributed by atoms with Crippen molar-refractivity contribution in [3.8, 4) is 17.0 Å². The van der Waals surface area contributed by atoms with Crippen LogP contribution in [0.15, 0.2) is 65.0 Å². The Bertz CT molecular complexity index is 1520. The van der Waals surface area contributed by atoms with Crippen molar-refractivity contribution in [2.24, 2.45) is 0 Å². The first-order valence-electron chi connectivity index (χ1n) is 10.8. The van der Waals surface area contributed by atoms with Gasteiger partial charge in [0.25, 0.3) is 10.0 Å². The van der Waals surface area contributed by atoms with Crippen molar-refractivity contribution in [1.29, 1.82) is 0 Å². The Hall–Kier alpha value is -3.51. The maximum atomic E-state index is 13.5. The lowest BCUT2D eigenvalue weighted by atomic mass is 9.83. The molecule has 5 rings (SSSR count). The molecule has 0 saturated heterocycles. The van der Waals surface area contributed by atoms with Crippen LogP contribution in [0.25, 0.3) is 11.3 Å². The van der Waals surface area contributed by atoms with Crippen molar-refractivity contribution < 1.29 is 26.3 Å². The highest BCUT2D eigenvalue weighted by Gasteiger charge is 2.33. The van der Waals surface area contributed by atoms with Crippen LogP contribution < -0.4 is 9.46 Å². The summed E-state index contributed by atoms with van der Waals surface area (Å²) in [5, 5.41) is 9.87. The SMILES string of the molecule is Cc1nc(-c2cc(C(F)(F)F)ccc2[C@@H]2CCOc3cc(S(=O)(=O)Nc4cccnn4)ccc32)cs1. The minimum absolute atomic E-state index is 0.0321. The highest BCUT2D eigenvalue weighted by molar-refractivity contribution is 7.92. The molecule has 1 aliphatic rings. The number of alkyl halides is 3. The van der Waals surface area contributed by atoms with Crippen molar-refractivity contribution in [2.75, 3.05) is 11.3 Å². The number of sulfonamides is 1. The van der Waals surface area contributed by atoms with E-state index in [-0.39, 0.29) is 23.2 Å². The maximum absolute atomic E-state index is 13.5. The highest BCUT2D eigenvalue weighted by Crippen LogP contribution is 2.44. The predicted molar refractivity (Wildman–Crippen MR) is 129 cm³/mol. The topological polar surface area (TPSA) is 94.1 Å². The first-order chi connectivity index (χ1) is 17.1. The number of benzene rings is 2. The molecule has 0 amide bonds. The van der Waals surface area contributed by atoms with Gasteiger partial charge >= 0.3 is 6.18 Å². The van der Waals surface area contributed by atoms with Crippen LogP contribution in [0.4, 0.5) is 19.0 Å². The minimum atomic E-state index is -4.49. The molecule has 4 aromatic rings. The molecule has 0 spiro atoms. The second-order valence-electron chi connectivity index (χ2n) is 8.16. The van der Waals surface area contributed by atoms with Gasteiger partial charge in [-0.25, -0.2) is 13.4 Å². The lowest BCUT2D eigenvalue weighted by molar-refractivity contribution is -0.137. The third kappa shape index (κ3) is 4.78. The summed E-state index contributed by atoms with van der Waals surface area (Å²) in [7, 11) is -3.97. The Labute approximate surface area is 209 Å². The van der Waals surface area contributed by atoms with Crippen LogP contribution in [0.2, 0.25) is 0 Å². The molecule has 36 heavy (non-hydrogen) atoms. The number of ether oxygens (including phenoxy) is 1. The summed E-state index contributed by atoms with van der Waals surface area (Å²) >= 11 is 1.36. The van der Waals surface area contributed by atoms with E-state index in [2.05, 4.69) is 19.9 Å². The van der Waals surface area contributed by atoms with Crippen molar-refractivity contribution in [1.82, 2.24) is 15.2 Å². The summed E-state index contributed by atoms with van der Waals surface area (Å²) in [5.41, 5.74) is 1.47. The number of anilines is 1. The molecule has 1 N–H and O–H groups in total. The van der Waals surface area contributed by atoms with Crippen LogP contribution in [0.1, 0.15) is 34.0 Å². The molecule has 0 fully saturated rings. The zero-order valence-corrected chi connectivity index (χ0v) is 20.4. The average molecular weight is 533 g/mol. The Kier molecular flexibility index (Phi) is 6.17. The Morgan fingerprint density at radius 1 is 1.11 bits per heavy atom. The first-order valence-corrected chi connectivity index (χ1v) is 13.2. The van der Waals surface area contributed by atoms with E-state index in [4.69, 9.17) is 4.74 Å². The van der Waals surface area contributed by atoms with E-state index in [1.165, 1.54) is 41.8 Å². The van der Waals surface area contributed by atoms with Crippen LogP contribution in [0.3, 0.4) is 0 Å². The van der Waals surface area contributed by atoms with Crippen LogP contribution in [-0.4, -0.2) is 30.2 Å². The zero-order chi connectivity index (χ0) is 25.5. The summed E-state index contributed by atoms with van der Waals surface area (Å²) in [6, 6.07) is 11.2. The number of fused-ring (bicyclic) bond motifs is 1. The van der Waals surface area contributed by atoms with Gasteiger partial charge in [0.15, 0.2) is 5.82 Å². The molecule has 2 aromatic heterocycles. The molecule has 1 atom stereocenters. The zero-order valence-electron chi connectivity index (χ0n) is 18.8. The summed E-state index contributed by atoms with van der Waals surface area (Å²) in [6.07, 6.45) is -2.56. The number of hydrogen-bond acceptors (Lipinski definition) is 7. The smallest absolute Gasteiger partial charge is 0.416 e. The molecule has 1 aliphatic heterocycles. The monoisotopic (exact) mass is 532 g/mol. The standard InChI is InChI=1S/C24H19F3N4O3S2/c1-14-29-21(13-35-14)20-11-15(24(25,26)27)4-6-17(20)18-8-10-34-22-12-16(5-7-19(18)22)36(32,33)31-23-3-2-9-28-30-23/h2-7,9,11-13,18H,8,10H2,1H3,(H,30,31)/t18-/m0/s1. The van der Waals surface area contributed by atoms with E-state index >= 15 is 0 Å². The van der Waals surface area contributed by atoms with Gasteiger partial charge in [0.1, 0.15) is 5.75 Å². The van der Waals surface area contributed by atoms with Gasteiger partial charge in [-0.05, 0) is 49.2 Å². The van der Waals surface area contributed by atoms with Gasteiger partial charge in [0.05, 0.1) is 27.8 Å². The molecule has 0 radical (unpaired) electrons. The lowest BCUT2D eigenvalue weighted by Crippen LogP contribution is -2.19. The summed E-state index contributed by atoms with van der Waals surface area (Å²) in [5.74, 6) is 0.119. The second kappa shape index (κ2) is 9.17. The molecular formula is C24H19F3N4O3S2. The largest absolute Gasteiger partial charge is 0.493 e. The van der Waals surface area contributed by atoms with Crippen LogP contribution in [-0.2, 0) is 16.2 Å². The number of nitrogens with one attached hydrogen (secondary N) is 1. The van der Waals surface area contributed by atoms with E-state index < -0.39 is 21.8 Å². The van der Waals surface area contributed by atoms with Gasteiger partial charge in [0, 0.05) is 34.7 Å². The summed E-state index contributed by atoms with van der Waals surface area (Å²) < 4.78 is 74.4. The number of hydrogen-bond donors (Lipinski definition) is 1. The molecule has 0 aliphatic carbocycles. The van der Waals surface area contributed by atoms with Crippen molar-refractivity contribution in [3.63, 3.8) is 0 Å². The fourth-order valence-electron chi connectivity index (χ4n) is 4.16. The van der Waals surface area contributed by atoms with Crippen molar-refractivity contribution in [2.45, 2.75) is 30.3 Å². The fourth-order valence-corrected chi connectivity index (χ4v) is 5.78. The van der Waals surface area contributed by atoms with Gasteiger partial charge in [-0.15, -0.1) is 16.4 Å². The van der Waals surface area contributed by atoms with Crippen LogP contribution in [0.5, 0.6) is 5.75 Å². The van der Waals surface area contributed by atoms with E-state index in [9.17, 15) is 21.6 Å². The third-order valence-electron chi connectivity index (χ3n) is 5.80. The van der Waals surface area contributed by atoms with Gasteiger partial charge in [0.2, 0.25) is 0 Å². The molecule has 186 valence electrons. The molecule has 0 unspecified atom stereocenters. The normalized spacial score (nSPS) is 15.7. The molecule has 0 saturated carbocycles. The summed E-state index contributed by atoms with van der Waals surface area (Å²) in [6.45, 7) is 2.07. The Morgan fingerprint density at radius 2 is 1.92 bits per heavy atom. The van der Waals surface area contributed by atoms with Gasteiger partial charge in [-0.1, -0.05) is 12.1 Å². The van der Waals surface area contributed by atoms with E-state index in [0.29, 0.717) is 34.6 Å². The second-order valence-corrected chi connectivity index (χ2v) is 10.9. The number of rotatable bonds is 5. The average Bonchev–Trinajstić information content (AvgIpc) is 3.29. The number of aryl methyl sites for hydroxylation is 1. The van der Waals surface area contributed by atoms with Gasteiger partial charge in [-0.3, -0.25) is 4.72 Å². The number of thiazole rings is 1. The minimum Gasteiger partial charge on any atom is -0.493 e. The van der Waals surface area contributed by atoms with E-state index in [0.717, 1.165) is 17.1 Å². The molecular weight excluding hydrogens is 513 g/mol. The maximum Gasteiger partial charge on any atom is 0.416 e. The number of halogens is 3. The van der Waals surface area contributed by atoms with Gasteiger partial charge in [-0.2, -0.15) is 18.3 Å². The number of aromatic nitrogens is 3. The van der Waals surface area contributed by atoms with Crippen LogP contribution in [0, 0.1) is 6.92 Å². The third-order valence-corrected chi connectivity index (χ3v) is 7.92. The van der Waals surface area contributed by atoms with E-state index in [1.54, 1.807) is 24.4 Å². The molecule has 3 heterocycles. The molecule has 12 heteroatoms. The van der Waals surface area contributed by atoms with E-state index in [1.807, 2.05) is 0 Å². The molecule has 0 bridgehead atoms. The Morgan fingerprint density at radius 3 is 2.61 bits per heavy atom. The molecule has 7 nitrogen and oxygen atoms in total. The summed E-state index contributed by atoms with van der Waals surface area (Å²) in [4.78, 5) is 4.39. The van der Waals surface area contributed by atoms with Gasteiger partial charge < -0.3 is 4.74 Å². The number of nitrogens with zero attached hydrogens (tertiary/aromatic N) is 3. The Balaban J connectivity index is 1.55.